The van der Waals surface area contributed by atoms with Crippen LogP contribution in [0.4, 0.5) is 39.5 Å². The van der Waals surface area contributed by atoms with Crippen molar-refractivity contribution < 1.29 is 57.7 Å². The zero-order valence-electron chi connectivity index (χ0n) is 20.6. The molecular formula is C26H22F9O4P. The second-order valence-corrected chi connectivity index (χ2v) is 9.95. The van der Waals surface area contributed by atoms with Crippen molar-refractivity contribution in [1.82, 2.24) is 0 Å². The predicted octanol–water partition coefficient (Wildman–Crippen LogP) is 9.74. The van der Waals surface area contributed by atoms with E-state index in [1.54, 1.807) is 43.3 Å². The van der Waals surface area contributed by atoms with Crippen LogP contribution in [0.3, 0.4) is 0 Å². The first-order valence-electron chi connectivity index (χ1n) is 11.6. The van der Waals surface area contributed by atoms with Crippen molar-refractivity contribution >= 4 is 7.82 Å². The molecule has 40 heavy (non-hydrogen) atoms. The van der Waals surface area contributed by atoms with Crippen LogP contribution in [0.25, 0.3) is 0 Å². The maximum absolute atomic E-state index is 14.4. The van der Waals surface area contributed by atoms with Gasteiger partial charge in [-0.3, -0.25) is 4.52 Å². The van der Waals surface area contributed by atoms with Crippen LogP contribution >= 0.6 is 7.82 Å². The molecule has 0 saturated carbocycles. The number of hydrogen-bond acceptors (Lipinski definition) is 4. The molecule has 0 aromatic heterocycles. The first-order chi connectivity index (χ1) is 18.5. The lowest BCUT2D eigenvalue weighted by Crippen LogP contribution is -2.59. The monoisotopic (exact) mass is 600 g/mol. The molecule has 218 valence electrons. The van der Waals surface area contributed by atoms with E-state index in [2.05, 4.69) is 0 Å². The van der Waals surface area contributed by atoms with Gasteiger partial charge in [-0.2, -0.15) is 39.5 Å². The van der Waals surface area contributed by atoms with Crippen molar-refractivity contribution in [3.63, 3.8) is 0 Å². The maximum atomic E-state index is 14.4. The third-order valence-corrected chi connectivity index (χ3v) is 6.90. The van der Waals surface area contributed by atoms with E-state index < -0.39 is 43.4 Å². The van der Waals surface area contributed by atoms with Gasteiger partial charge >= 0.3 is 31.8 Å². The molecule has 0 bridgehead atoms. The summed E-state index contributed by atoms with van der Waals surface area (Å²) in [6.45, 7) is 1.68. The summed E-state index contributed by atoms with van der Waals surface area (Å²) in [5, 5.41) is 0. The zero-order valence-corrected chi connectivity index (χ0v) is 21.5. The first-order valence-corrected chi connectivity index (χ1v) is 13.1. The molecule has 0 saturated heterocycles. The average Bonchev–Trinajstić information content (AvgIpc) is 2.88. The van der Waals surface area contributed by atoms with Crippen molar-refractivity contribution in [2.24, 2.45) is 0 Å². The number of phosphoric acid groups is 1. The molecule has 0 radical (unpaired) electrons. The molecule has 0 fully saturated rings. The first kappa shape index (κ1) is 31.3. The smallest absolute Gasteiger partial charge is 0.395 e. The number of rotatable bonds is 12. The fraction of sp³-hybridized carbons (Fsp3) is 0.308. The van der Waals surface area contributed by atoms with Crippen LogP contribution in [-0.4, -0.2) is 18.0 Å². The van der Waals surface area contributed by atoms with Gasteiger partial charge in [-0.05, 0) is 36.2 Å². The summed E-state index contributed by atoms with van der Waals surface area (Å²) in [5.74, 6) is -19.6. The minimum absolute atomic E-state index is 0.0409. The second-order valence-electron chi connectivity index (χ2n) is 8.48. The molecule has 0 aliphatic heterocycles. The van der Waals surface area contributed by atoms with Crippen LogP contribution in [-0.2, 0) is 15.0 Å². The quantitative estimate of drug-likeness (QED) is 0.153. The summed E-state index contributed by atoms with van der Waals surface area (Å²) in [6.07, 6.45) is -7.73. The molecule has 1 atom stereocenters. The molecule has 3 rings (SSSR count). The summed E-state index contributed by atoms with van der Waals surface area (Å²) < 4.78 is 151. The van der Waals surface area contributed by atoms with Crippen molar-refractivity contribution in [3.05, 3.63) is 96.1 Å². The largest absolute Gasteiger partial charge is 0.588 e. The van der Waals surface area contributed by atoms with E-state index >= 15 is 0 Å². The Morgan fingerprint density at radius 3 is 1.52 bits per heavy atom. The molecule has 0 aliphatic rings. The van der Waals surface area contributed by atoms with E-state index in [4.69, 9.17) is 13.6 Å². The lowest BCUT2D eigenvalue weighted by Gasteiger charge is -2.34. The number of alkyl halides is 9. The third-order valence-electron chi connectivity index (χ3n) is 5.52. The molecule has 0 aliphatic carbocycles. The number of benzene rings is 3. The molecule has 0 spiro atoms. The highest BCUT2D eigenvalue weighted by atomic mass is 31.2. The minimum atomic E-state index is -7.02. The number of phosphoric ester groups is 1. The highest BCUT2D eigenvalue weighted by Gasteiger charge is 2.82. The van der Waals surface area contributed by atoms with Gasteiger partial charge in [-0.15, -0.1) is 0 Å². The van der Waals surface area contributed by atoms with Crippen molar-refractivity contribution in [2.45, 2.75) is 49.8 Å². The molecule has 3 aromatic rings. The molecule has 1 unspecified atom stereocenters. The van der Waals surface area contributed by atoms with Crippen LogP contribution in [0.1, 0.15) is 37.0 Å². The van der Waals surface area contributed by atoms with Crippen LogP contribution < -0.4 is 9.05 Å². The van der Waals surface area contributed by atoms with Gasteiger partial charge in [0.25, 0.3) is 0 Å². The Bertz CT molecular complexity index is 1240. The molecule has 0 N–H and O–H groups in total. The fourth-order valence-corrected chi connectivity index (χ4v) is 4.87. The average molecular weight is 600 g/mol. The number of para-hydroxylation sites is 2. The highest BCUT2D eigenvalue weighted by molar-refractivity contribution is 7.49. The van der Waals surface area contributed by atoms with E-state index in [9.17, 15) is 44.1 Å². The van der Waals surface area contributed by atoms with Crippen molar-refractivity contribution in [1.29, 1.82) is 0 Å². The molecule has 0 heterocycles. The lowest BCUT2D eigenvalue weighted by atomic mass is 9.95. The maximum Gasteiger partial charge on any atom is 0.588 e. The highest BCUT2D eigenvalue weighted by Crippen LogP contribution is 2.57. The van der Waals surface area contributed by atoms with Crippen molar-refractivity contribution in [2.75, 3.05) is 0 Å². The zero-order chi connectivity index (χ0) is 29.8. The number of halogens is 9. The molecule has 14 heteroatoms. The summed E-state index contributed by atoms with van der Waals surface area (Å²) in [4.78, 5) is 0. The van der Waals surface area contributed by atoms with Crippen LogP contribution in [0.5, 0.6) is 11.5 Å². The van der Waals surface area contributed by atoms with Gasteiger partial charge in [0.1, 0.15) is 11.5 Å². The number of hydrogen-bond donors (Lipinski definition) is 0. The van der Waals surface area contributed by atoms with Gasteiger partial charge in [0.2, 0.25) is 0 Å². The summed E-state index contributed by atoms with van der Waals surface area (Å²) >= 11 is 0. The molecule has 0 amide bonds. The Kier molecular flexibility index (Phi) is 9.20. The SMILES string of the molecule is CCCC(OP(=O)(Oc1ccccc1)Oc1ccccc1)c1ccc(C(F)(F)C(F)(F)C(F)(F)C(F)(F)F)cc1. The van der Waals surface area contributed by atoms with Gasteiger partial charge in [-0.25, -0.2) is 4.57 Å². The Labute approximate surface area is 223 Å². The van der Waals surface area contributed by atoms with Crippen LogP contribution in [0.15, 0.2) is 84.9 Å². The van der Waals surface area contributed by atoms with Gasteiger partial charge < -0.3 is 9.05 Å². The standard InChI is InChI=1S/C26H22F9O4P/c1-2-9-22(39-40(36,37-20-10-5-3-6-11-20)38-21-12-7-4-8-13-21)18-14-16-19(17-15-18)23(27,28)24(29,30)25(31,32)26(33,34)35/h3-8,10-17,22H,2,9H2,1H3. The second kappa shape index (κ2) is 11.7. The van der Waals surface area contributed by atoms with Gasteiger partial charge in [0, 0.05) is 5.56 Å². The Morgan fingerprint density at radius 2 is 1.12 bits per heavy atom. The van der Waals surface area contributed by atoms with E-state index in [-0.39, 0.29) is 35.6 Å². The van der Waals surface area contributed by atoms with Gasteiger partial charge in [-0.1, -0.05) is 74.0 Å². The molecule has 4 nitrogen and oxygen atoms in total. The summed E-state index contributed by atoms with van der Waals surface area (Å²) in [5.41, 5.74) is -1.84. The van der Waals surface area contributed by atoms with Crippen molar-refractivity contribution in [3.8, 4) is 11.5 Å². The summed E-state index contributed by atoms with van der Waals surface area (Å²) in [7, 11) is -4.52. The lowest BCUT2D eigenvalue weighted by molar-refractivity contribution is -0.399. The van der Waals surface area contributed by atoms with Crippen LogP contribution in [0, 0.1) is 0 Å². The van der Waals surface area contributed by atoms with Gasteiger partial charge in [0.05, 0.1) is 6.10 Å². The Balaban J connectivity index is 1.94. The van der Waals surface area contributed by atoms with E-state index in [0.29, 0.717) is 6.42 Å². The Hall–Kier alpha value is -3.18. The fourth-order valence-electron chi connectivity index (χ4n) is 3.44. The topological polar surface area (TPSA) is 44.8 Å². The van der Waals surface area contributed by atoms with E-state index in [1.165, 1.54) is 24.3 Å². The van der Waals surface area contributed by atoms with Crippen LogP contribution in [0.2, 0.25) is 0 Å². The summed E-state index contributed by atoms with van der Waals surface area (Å²) in [6, 6.07) is 17.5. The van der Waals surface area contributed by atoms with Gasteiger partial charge in [0.15, 0.2) is 0 Å². The molecule has 3 aromatic carbocycles. The van der Waals surface area contributed by atoms with E-state index in [0.717, 1.165) is 12.1 Å². The minimum Gasteiger partial charge on any atom is -0.395 e. The third kappa shape index (κ3) is 6.58. The molecular weight excluding hydrogens is 578 g/mol. The van der Waals surface area contributed by atoms with E-state index in [1.807, 2.05) is 0 Å². The Morgan fingerprint density at radius 1 is 0.675 bits per heavy atom. The predicted molar refractivity (Wildman–Crippen MR) is 127 cm³/mol. The normalized spacial score (nSPS) is 14.1.